The van der Waals surface area contributed by atoms with Gasteiger partial charge in [-0.25, -0.2) is 18.8 Å². The molecule has 262 valence electrons. The first-order valence-corrected chi connectivity index (χ1v) is 17.1. The lowest BCUT2D eigenvalue weighted by Crippen LogP contribution is -2.58. The molecule has 3 aromatic rings. The number of H-pyrrole nitrogens is 1. The minimum atomic E-state index is -5.63. The lowest BCUT2D eigenvalue weighted by Gasteiger charge is -2.40. The number of ether oxygens (including phenoxy) is 2. The number of rotatable bonds is 13. The Morgan fingerprint density at radius 3 is 2.47 bits per heavy atom. The Hall–Kier alpha value is -2.73. The summed E-state index contributed by atoms with van der Waals surface area (Å²) < 4.78 is 52.2. The minimum absolute atomic E-state index is 0.108. The molecule has 0 spiro atoms. The quantitative estimate of drug-likeness (QED) is 0.0798. The van der Waals surface area contributed by atoms with Crippen LogP contribution in [-0.2, 0) is 44.9 Å². The Balaban J connectivity index is 1.19. The van der Waals surface area contributed by atoms with E-state index in [1.54, 1.807) is 6.20 Å². The van der Waals surface area contributed by atoms with Gasteiger partial charge < -0.3 is 50.5 Å². The van der Waals surface area contributed by atoms with Crippen LogP contribution < -0.4 is 11.3 Å². The van der Waals surface area contributed by atoms with E-state index in [1.807, 2.05) is 6.92 Å². The van der Waals surface area contributed by atoms with Gasteiger partial charge in [-0.05, 0) is 12.8 Å². The number of nitrogens with two attached hydrogens (primary N) is 1. The van der Waals surface area contributed by atoms with E-state index in [4.69, 9.17) is 24.3 Å². The lowest BCUT2D eigenvalue weighted by molar-refractivity contribution is -0.278. The van der Waals surface area contributed by atoms with Gasteiger partial charge in [-0.3, -0.25) is 23.4 Å². The normalized spacial score (nSPS) is 32.4. The largest absolute Gasteiger partial charge is 0.483 e. The molecule has 25 heteroatoms. The maximum absolute atomic E-state index is 12.7. The van der Waals surface area contributed by atoms with Crippen LogP contribution in [0.4, 0.5) is 5.95 Å². The van der Waals surface area contributed by atoms with Gasteiger partial charge >= 0.3 is 15.6 Å². The topological polar surface area (TPSA) is 342 Å². The standard InChI is InChI=1S/C22H34N8O15P2/c1-2-3-4-9-5-29(28-27-9)6-10-13(31)15(33)17(35)21(43-10)44-47(39,40)45-46(37,38)41-7-11-14(32)16(34)20(42-11)30-8-24-12-18(30)25-22(23)26-19(12)36/h5,8,10-11,13-17,20-21,31-35H,2-4,6-7H2,1H3,(H,37,38)(H,39,40)(H3,23,25,26,36)/t10-,11+,13+,14+,15+,16+,17-,20+,21+/m0/s1. The first-order chi connectivity index (χ1) is 22.1. The molecule has 2 unspecified atom stereocenters. The number of anilines is 1. The molecule has 3 aromatic heterocycles. The second-order valence-electron chi connectivity index (χ2n) is 10.8. The molecular formula is C22H34N8O15P2. The number of aliphatic hydroxyl groups excluding tert-OH is 5. The maximum atomic E-state index is 12.7. The monoisotopic (exact) mass is 712 g/mol. The number of fused-ring (bicyclic) bond motifs is 1. The van der Waals surface area contributed by atoms with Crippen LogP contribution in [0.25, 0.3) is 11.2 Å². The molecule has 2 aliphatic rings. The SMILES string of the molecule is CCCCc1cn(C[C@@H]2O[C@H](OP(=O)(O)OP(=O)(O)OC[C@H]3O[C@@H](n4cnc5c(=O)[nH]c(N)nc54)[C@H](O)[C@@H]3O)[C@@H](O)[C@H](O)[C@@H]2O)nn1. The highest BCUT2D eigenvalue weighted by Gasteiger charge is 2.50. The van der Waals surface area contributed by atoms with E-state index in [2.05, 4.69) is 29.6 Å². The molecule has 2 aliphatic heterocycles. The van der Waals surface area contributed by atoms with Crippen LogP contribution in [0.3, 0.4) is 0 Å². The number of nitrogens with zero attached hydrogens (tertiary/aromatic N) is 6. The molecule has 0 amide bonds. The van der Waals surface area contributed by atoms with Crippen LogP contribution in [-0.4, -0.2) is 125 Å². The highest BCUT2D eigenvalue weighted by atomic mass is 31.3. The smallest absolute Gasteiger partial charge is 0.388 e. The lowest BCUT2D eigenvalue weighted by atomic mass is 9.99. The molecule has 2 saturated heterocycles. The summed E-state index contributed by atoms with van der Waals surface area (Å²) in [6, 6.07) is 0. The van der Waals surface area contributed by atoms with Crippen molar-refractivity contribution in [1.82, 2.24) is 34.5 Å². The summed E-state index contributed by atoms with van der Waals surface area (Å²) in [5, 5.41) is 59.9. The molecule has 11 atom stereocenters. The third kappa shape index (κ3) is 7.95. The van der Waals surface area contributed by atoms with Crippen LogP contribution in [0.15, 0.2) is 17.3 Å². The van der Waals surface area contributed by atoms with E-state index in [0.717, 1.165) is 23.7 Å². The van der Waals surface area contributed by atoms with Gasteiger partial charge in [0.2, 0.25) is 5.95 Å². The first kappa shape index (κ1) is 35.6. The number of aliphatic hydroxyl groups is 5. The number of aryl methyl sites for hydroxylation is 1. The summed E-state index contributed by atoms with van der Waals surface area (Å²) in [6.07, 6.45) is -10.6. The van der Waals surface area contributed by atoms with Gasteiger partial charge in [0.15, 0.2) is 23.7 Å². The fourth-order valence-corrected chi connectivity index (χ4v) is 7.10. The van der Waals surface area contributed by atoms with Crippen molar-refractivity contribution < 1.29 is 67.3 Å². The fraction of sp³-hybridized carbons (Fsp3) is 0.682. The van der Waals surface area contributed by atoms with Gasteiger partial charge in [0.25, 0.3) is 5.56 Å². The Labute approximate surface area is 263 Å². The number of unbranched alkanes of at least 4 members (excludes halogenated alkanes) is 1. The number of aromatic nitrogens is 7. The Bertz CT molecular complexity index is 1700. The number of nitrogen functional groups attached to an aromatic ring is 1. The van der Waals surface area contributed by atoms with Crippen molar-refractivity contribution in [2.45, 2.75) is 88.0 Å². The molecule has 5 rings (SSSR count). The predicted octanol–water partition coefficient (Wildman–Crippen LogP) is -2.99. The van der Waals surface area contributed by atoms with Gasteiger partial charge in [-0.2, -0.15) is 9.29 Å². The molecule has 2 fully saturated rings. The zero-order valence-electron chi connectivity index (χ0n) is 24.4. The average molecular weight is 713 g/mol. The molecule has 0 aromatic carbocycles. The number of nitrogens with one attached hydrogen (secondary N) is 1. The number of phosphoric acid groups is 2. The molecule has 47 heavy (non-hydrogen) atoms. The van der Waals surface area contributed by atoms with E-state index in [1.165, 1.54) is 4.68 Å². The zero-order chi connectivity index (χ0) is 34.3. The van der Waals surface area contributed by atoms with Gasteiger partial charge in [0, 0.05) is 6.20 Å². The number of aromatic amines is 1. The average Bonchev–Trinajstić information content (AvgIpc) is 3.69. The molecule has 5 heterocycles. The van der Waals surface area contributed by atoms with Crippen molar-refractivity contribution in [2.24, 2.45) is 0 Å². The van der Waals surface area contributed by atoms with Crippen molar-refractivity contribution >= 4 is 32.8 Å². The van der Waals surface area contributed by atoms with Crippen molar-refractivity contribution in [1.29, 1.82) is 0 Å². The molecule has 0 saturated carbocycles. The van der Waals surface area contributed by atoms with Crippen molar-refractivity contribution in [3.05, 3.63) is 28.6 Å². The van der Waals surface area contributed by atoms with Crippen LogP contribution in [0.5, 0.6) is 0 Å². The second kappa shape index (κ2) is 14.0. The fourth-order valence-electron chi connectivity index (χ4n) is 4.94. The summed E-state index contributed by atoms with van der Waals surface area (Å²) in [6.45, 7) is 0.780. The van der Waals surface area contributed by atoms with Crippen LogP contribution in [0.1, 0.15) is 31.7 Å². The van der Waals surface area contributed by atoms with Gasteiger partial charge in [-0.1, -0.05) is 18.6 Å². The van der Waals surface area contributed by atoms with Crippen LogP contribution >= 0.6 is 15.6 Å². The Kier molecular flexibility index (Phi) is 10.6. The van der Waals surface area contributed by atoms with Crippen molar-refractivity contribution in [3.8, 4) is 0 Å². The Morgan fingerprint density at radius 1 is 1.02 bits per heavy atom. The van der Waals surface area contributed by atoms with Gasteiger partial charge in [0.1, 0.15) is 42.7 Å². The summed E-state index contributed by atoms with van der Waals surface area (Å²) in [5.41, 5.74) is 5.25. The first-order valence-electron chi connectivity index (χ1n) is 14.1. The van der Waals surface area contributed by atoms with E-state index in [-0.39, 0.29) is 23.7 Å². The number of hydrogen-bond donors (Lipinski definition) is 9. The van der Waals surface area contributed by atoms with Crippen LogP contribution in [0, 0.1) is 0 Å². The number of hydrogen-bond acceptors (Lipinski definition) is 18. The third-order valence-electron chi connectivity index (χ3n) is 7.32. The second-order valence-corrected chi connectivity index (χ2v) is 13.8. The molecule has 0 radical (unpaired) electrons. The summed E-state index contributed by atoms with van der Waals surface area (Å²) in [4.78, 5) is 42.4. The van der Waals surface area contributed by atoms with E-state index < -0.39 is 83.1 Å². The van der Waals surface area contributed by atoms with E-state index >= 15 is 0 Å². The molecule has 0 bridgehead atoms. The number of imidazole rings is 1. The zero-order valence-corrected chi connectivity index (χ0v) is 26.2. The Morgan fingerprint density at radius 2 is 1.74 bits per heavy atom. The summed E-state index contributed by atoms with van der Waals surface area (Å²) in [7, 11) is -11.1. The molecule has 0 aliphatic carbocycles. The van der Waals surface area contributed by atoms with E-state index in [0.29, 0.717) is 12.1 Å². The van der Waals surface area contributed by atoms with Gasteiger partial charge in [0.05, 0.1) is 25.2 Å². The molecular weight excluding hydrogens is 678 g/mol. The highest BCUT2D eigenvalue weighted by Crippen LogP contribution is 2.61. The third-order valence-corrected chi connectivity index (χ3v) is 9.92. The molecule has 23 nitrogen and oxygen atoms in total. The summed E-state index contributed by atoms with van der Waals surface area (Å²) >= 11 is 0. The minimum Gasteiger partial charge on any atom is -0.388 e. The van der Waals surface area contributed by atoms with E-state index in [9.17, 15) is 49.2 Å². The number of phosphoric ester groups is 2. The molecule has 10 N–H and O–H groups in total. The highest BCUT2D eigenvalue weighted by molar-refractivity contribution is 7.61. The van der Waals surface area contributed by atoms with Crippen molar-refractivity contribution in [3.63, 3.8) is 0 Å². The maximum Gasteiger partial charge on any atom is 0.483 e. The van der Waals surface area contributed by atoms with Crippen molar-refractivity contribution in [2.75, 3.05) is 12.3 Å². The van der Waals surface area contributed by atoms with Crippen LogP contribution in [0.2, 0.25) is 0 Å². The summed E-state index contributed by atoms with van der Waals surface area (Å²) in [5.74, 6) is -0.273. The predicted molar refractivity (Wildman–Crippen MR) is 152 cm³/mol. The van der Waals surface area contributed by atoms with Gasteiger partial charge in [-0.15, -0.1) is 5.10 Å².